The standard InChI is InChI=1S/C21H20O4/c22-20(18-12-14-6-1-3-8-16(14)18)24-10-5-11-25-21(23)19-13-15-7-2-4-9-17(15)19/h1-4,6-9,18-19H,5,10-13H2. The van der Waals surface area contributed by atoms with Gasteiger partial charge in [-0.1, -0.05) is 48.5 Å². The van der Waals surface area contributed by atoms with Crippen molar-refractivity contribution in [2.75, 3.05) is 13.2 Å². The molecule has 2 atom stereocenters. The van der Waals surface area contributed by atoms with E-state index in [0.717, 1.165) is 24.0 Å². The molecule has 0 bridgehead atoms. The second-order valence-electron chi connectivity index (χ2n) is 6.60. The highest BCUT2D eigenvalue weighted by Crippen LogP contribution is 2.36. The molecule has 0 radical (unpaired) electrons. The molecule has 4 heteroatoms. The van der Waals surface area contributed by atoms with E-state index in [1.165, 1.54) is 11.1 Å². The third-order valence-corrected chi connectivity index (χ3v) is 5.06. The van der Waals surface area contributed by atoms with Gasteiger partial charge in [0.15, 0.2) is 0 Å². The summed E-state index contributed by atoms with van der Waals surface area (Å²) in [6.07, 6.45) is 2.04. The lowest BCUT2D eigenvalue weighted by atomic mass is 9.78. The third-order valence-electron chi connectivity index (χ3n) is 5.06. The molecule has 4 rings (SSSR count). The van der Waals surface area contributed by atoms with Gasteiger partial charge in [0.1, 0.15) is 0 Å². The van der Waals surface area contributed by atoms with Crippen LogP contribution in [0.3, 0.4) is 0 Å². The minimum atomic E-state index is -0.182. The van der Waals surface area contributed by atoms with Crippen LogP contribution in [-0.4, -0.2) is 25.2 Å². The Bertz CT molecular complexity index is 744. The van der Waals surface area contributed by atoms with Crippen molar-refractivity contribution in [3.8, 4) is 0 Å². The second-order valence-corrected chi connectivity index (χ2v) is 6.60. The summed E-state index contributed by atoms with van der Waals surface area (Å²) in [7, 11) is 0. The van der Waals surface area contributed by atoms with E-state index < -0.39 is 0 Å². The molecular weight excluding hydrogens is 316 g/mol. The van der Waals surface area contributed by atoms with Gasteiger partial charge >= 0.3 is 11.9 Å². The van der Waals surface area contributed by atoms with Gasteiger partial charge in [0.2, 0.25) is 0 Å². The Morgan fingerprint density at radius 2 is 1.20 bits per heavy atom. The first kappa shape index (κ1) is 15.9. The lowest BCUT2D eigenvalue weighted by Crippen LogP contribution is -2.28. The van der Waals surface area contributed by atoms with Crippen LogP contribution in [0.2, 0.25) is 0 Å². The van der Waals surface area contributed by atoms with E-state index in [-0.39, 0.29) is 37.0 Å². The van der Waals surface area contributed by atoms with Gasteiger partial charge in [0.05, 0.1) is 25.0 Å². The molecule has 0 saturated heterocycles. The number of fused-ring (bicyclic) bond motifs is 2. The first-order chi connectivity index (χ1) is 12.2. The molecule has 2 unspecified atom stereocenters. The number of carbonyl (C=O) groups is 2. The molecule has 0 saturated carbocycles. The number of hydrogen-bond acceptors (Lipinski definition) is 4. The molecule has 2 aromatic rings. The van der Waals surface area contributed by atoms with Crippen molar-refractivity contribution in [2.24, 2.45) is 0 Å². The zero-order chi connectivity index (χ0) is 17.2. The van der Waals surface area contributed by atoms with Crippen molar-refractivity contribution >= 4 is 11.9 Å². The summed E-state index contributed by atoms with van der Waals surface area (Å²) in [5, 5.41) is 0. The second kappa shape index (κ2) is 6.71. The molecular formula is C21H20O4. The fourth-order valence-electron chi connectivity index (χ4n) is 3.54. The monoisotopic (exact) mass is 336 g/mol. The summed E-state index contributed by atoms with van der Waals surface area (Å²) < 4.78 is 10.6. The number of ether oxygens (including phenoxy) is 2. The van der Waals surface area contributed by atoms with Crippen LogP contribution in [0.1, 0.15) is 40.5 Å². The highest BCUT2D eigenvalue weighted by atomic mass is 16.5. The summed E-state index contributed by atoms with van der Waals surface area (Å²) >= 11 is 0. The average molecular weight is 336 g/mol. The van der Waals surface area contributed by atoms with Crippen LogP contribution in [0.5, 0.6) is 0 Å². The fraction of sp³-hybridized carbons (Fsp3) is 0.333. The summed E-state index contributed by atoms with van der Waals surface area (Å²) in [5.41, 5.74) is 4.59. The van der Waals surface area contributed by atoms with Gasteiger partial charge < -0.3 is 9.47 Å². The Morgan fingerprint density at radius 1 is 0.760 bits per heavy atom. The van der Waals surface area contributed by atoms with Crippen LogP contribution in [0.25, 0.3) is 0 Å². The average Bonchev–Trinajstić information content (AvgIpc) is 2.57. The minimum Gasteiger partial charge on any atom is -0.465 e. The predicted molar refractivity (Wildman–Crippen MR) is 92.3 cm³/mol. The zero-order valence-corrected chi connectivity index (χ0v) is 13.9. The van der Waals surface area contributed by atoms with Crippen LogP contribution < -0.4 is 0 Å². The first-order valence-electron chi connectivity index (χ1n) is 8.73. The maximum Gasteiger partial charge on any atom is 0.313 e. The van der Waals surface area contributed by atoms with E-state index in [9.17, 15) is 9.59 Å². The van der Waals surface area contributed by atoms with Crippen LogP contribution in [0.15, 0.2) is 48.5 Å². The molecule has 0 amide bonds. The molecule has 4 nitrogen and oxygen atoms in total. The number of rotatable bonds is 6. The maximum atomic E-state index is 12.1. The third kappa shape index (κ3) is 3.04. The molecule has 0 N–H and O–H groups in total. The minimum absolute atomic E-state index is 0.134. The number of esters is 2. The van der Waals surface area contributed by atoms with Crippen molar-refractivity contribution < 1.29 is 19.1 Å². The van der Waals surface area contributed by atoms with Gasteiger partial charge in [0, 0.05) is 6.42 Å². The lowest BCUT2D eigenvalue weighted by molar-refractivity contribution is -0.148. The highest BCUT2D eigenvalue weighted by molar-refractivity contribution is 5.82. The van der Waals surface area contributed by atoms with Crippen LogP contribution in [-0.2, 0) is 31.9 Å². The van der Waals surface area contributed by atoms with Crippen LogP contribution in [0.4, 0.5) is 0 Å². The van der Waals surface area contributed by atoms with E-state index in [2.05, 4.69) is 0 Å². The van der Waals surface area contributed by atoms with Crippen molar-refractivity contribution in [3.05, 3.63) is 70.8 Å². The Balaban J connectivity index is 1.15. The fourth-order valence-corrected chi connectivity index (χ4v) is 3.54. The molecule has 2 aliphatic carbocycles. The number of carbonyl (C=O) groups excluding carboxylic acids is 2. The maximum absolute atomic E-state index is 12.1. The molecule has 0 spiro atoms. The summed E-state index contributed by atoms with van der Waals surface area (Å²) in [6.45, 7) is 0.568. The molecule has 128 valence electrons. The smallest absolute Gasteiger partial charge is 0.313 e. The summed E-state index contributed by atoms with van der Waals surface area (Å²) in [4.78, 5) is 24.1. The SMILES string of the molecule is O=C(OCCCOC(=O)C1Cc2ccccc21)C1Cc2ccccc21. The number of benzene rings is 2. The Kier molecular flexibility index (Phi) is 4.26. The van der Waals surface area contributed by atoms with Crippen molar-refractivity contribution in [2.45, 2.75) is 31.1 Å². The van der Waals surface area contributed by atoms with E-state index in [1.807, 2.05) is 48.5 Å². The zero-order valence-electron chi connectivity index (χ0n) is 13.9. The molecule has 0 aliphatic heterocycles. The van der Waals surface area contributed by atoms with Crippen molar-refractivity contribution in [3.63, 3.8) is 0 Å². The molecule has 2 aromatic carbocycles. The largest absolute Gasteiger partial charge is 0.465 e. The molecule has 0 fully saturated rings. The summed E-state index contributed by atoms with van der Waals surface area (Å²) in [6, 6.07) is 15.9. The van der Waals surface area contributed by atoms with E-state index in [1.54, 1.807) is 0 Å². The van der Waals surface area contributed by atoms with Gasteiger partial charge in [-0.15, -0.1) is 0 Å². The molecule has 25 heavy (non-hydrogen) atoms. The van der Waals surface area contributed by atoms with Crippen LogP contribution in [0, 0.1) is 0 Å². The normalized spacial score (nSPS) is 19.7. The van der Waals surface area contributed by atoms with Crippen molar-refractivity contribution in [1.29, 1.82) is 0 Å². The molecule has 0 heterocycles. The topological polar surface area (TPSA) is 52.6 Å². The quantitative estimate of drug-likeness (QED) is 0.601. The Hall–Kier alpha value is -2.62. The summed E-state index contributed by atoms with van der Waals surface area (Å²) in [5.74, 6) is -0.633. The van der Waals surface area contributed by atoms with Crippen molar-refractivity contribution in [1.82, 2.24) is 0 Å². The number of hydrogen-bond donors (Lipinski definition) is 0. The van der Waals surface area contributed by atoms with Gasteiger partial charge in [-0.25, -0.2) is 0 Å². The Morgan fingerprint density at radius 3 is 1.64 bits per heavy atom. The van der Waals surface area contributed by atoms with Gasteiger partial charge in [-0.2, -0.15) is 0 Å². The van der Waals surface area contributed by atoms with Gasteiger partial charge in [-0.3, -0.25) is 9.59 Å². The molecule has 2 aliphatic rings. The first-order valence-corrected chi connectivity index (χ1v) is 8.73. The predicted octanol–water partition coefficient (Wildman–Crippen LogP) is 3.14. The van der Waals surface area contributed by atoms with Gasteiger partial charge in [-0.05, 0) is 35.1 Å². The van der Waals surface area contributed by atoms with E-state index >= 15 is 0 Å². The van der Waals surface area contributed by atoms with Gasteiger partial charge in [0.25, 0.3) is 0 Å². The van der Waals surface area contributed by atoms with E-state index in [4.69, 9.17) is 9.47 Å². The van der Waals surface area contributed by atoms with E-state index in [0.29, 0.717) is 6.42 Å². The molecule has 0 aromatic heterocycles. The van der Waals surface area contributed by atoms with Crippen LogP contribution >= 0.6 is 0 Å². The Labute approximate surface area is 146 Å². The highest BCUT2D eigenvalue weighted by Gasteiger charge is 2.34. The lowest BCUT2D eigenvalue weighted by Gasteiger charge is -2.28.